The molecular weight excluding hydrogens is 232 g/mol. The largest absolute Gasteiger partial charge is 0.313 e. The van der Waals surface area contributed by atoms with Crippen molar-refractivity contribution in [1.82, 2.24) is 9.91 Å². The molecule has 0 atom stereocenters. The summed E-state index contributed by atoms with van der Waals surface area (Å²) in [5, 5.41) is 13.0. The standard InChI is InChI=1S/C12H18N4O2/c1-10-3-4-12(16(17)18)11(9-10)13-15-7-5-14(2)6-8-15/h3-4,9,13H,5-8H2,1-2H3. The van der Waals surface area contributed by atoms with Gasteiger partial charge in [-0.05, 0) is 25.6 Å². The number of nitro benzene ring substituents is 1. The van der Waals surface area contributed by atoms with Crippen molar-refractivity contribution < 1.29 is 4.92 Å². The monoisotopic (exact) mass is 250 g/mol. The van der Waals surface area contributed by atoms with Gasteiger partial charge in [0.1, 0.15) is 5.69 Å². The zero-order valence-corrected chi connectivity index (χ0v) is 10.7. The summed E-state index contributed by atoms with van der Waals surface area (Å²) in [4.78, 5) is 12.9. The number of hydrogen-bond donors (Lipinski definition) is 1. The van der Waals surface area contributed by atoms with E-state index in [9.17, 15) is 10.1 Å². The Balaban J connectivity index is 2.12. The van der Waals surface area contributed by atoms with Crippen LogP contribution in [-0.2, 0) is 0 Å². The first kappa shape index (κ1) is 12.8. The predicted octanol–water partition coefficient (Wildman–Crippen LogP) is 1.48. The summed E-state index contributed by atoms with van der Waals surface area (Å²) in [5.41, 5.74) is 4.87. The fourth-order valence-corrected chi connectivity index (χ4v) is 1.99. The summed E-state index contributed by atoms with van der Waals surface area (Å²) >= 11 is 0. The molecule has 1 heterocycles. The van der Waals surface area contributed by atoms with Gasteiger partial charge in [0, 0.05) is 32.2 Å². The lowest BCUT2D eigenvalue weighted by molar-refractivity contribution is -0.384. The third kappa shape index (κ3) is 2.96. The molecule has 1 aliphatic heterocycles. The van der Waals surface area contributed by atoms with Crippen LogP contribution in [0.15, 0.2) is 18.2 Å². The van der Waals surface area contributed by atoms with Gasteiger partial charge in [-0.3, -0.25) is 10.1 Å². The van der Waals surface area contributed by atoms with Crippen molar-refractivity contribution >= 4 is 11.4 Å². The molecule has 6 heteroatoms. The Morgan fingerprint density at radius 2 is 1.94 bits per heavy atom. The molecule has 1 aliphatic rings. The van der Waals surface area contributed by atoms with E-state index in [0.717, 1.165) is 31.7 Å². The van der Waals surface area contributed by atoms with Crippen LogP contribution in [0.5, 0.6) is 0 Å². The van der Waals surface area contributed by atoms with Gasteiger partial charge in [0.25, 0.3) is 5.69 Å². The number of nitrogens with one attached hydrogen (secondary N) is 1. The van der Waals surface area contributed by atoms with Crippen LogP contribution in [0.25, 0.3) is 0 Å². The van der Waals surface area contributed by atoms with Crippen LogP contribution in [0.3, 0.4) is 0 Å². The van der Waals surface area contributed by atoms with E-state index >= 15 is 0 Å². The number of anilines is 1. The maximum Gasteiger partial charge on any atom is 0.293 e. The lowest BCUT2D eigenvalue weighted by atomic mass is 10.2. The number of nitro groups is 1. The molecule has 0 bridgehead atoms. The molecule has 6 nitrogen and oxygen atoms in total. The number of piperazine rings is 1. The SMILES string of the molecule is Cc1ccc([N+](=O)[O-])c(NN2CCN(C)CC2)c1. The second kappa shape index (κ2) is 5.32. The van der Waals surface area contributed by atoms with Crippen LogP contribution in [0.4, 0.5) is 11.4 Å². The molecule has 2 rings (SSSR count). The minimum absolute atomic E-state index is 0.125. The molecule has 0 saturated carbocycles. The molecule has 0 radical (unpaired) electrons. The Kier molecular flexibility index (Phi) is 3.78. The van der Waals surface area contributed by atoms with Gasteiger partial charge in [-0.25, -0.2) is 5.01 Å². The van der Waals surface area contributed by atoms with Crippen LogP contribution in [0.1, 0.15) is 5.56 Å². The maximum absolute atomic E-state index is 11.0. The van der Waals surface area contributed by atoms with E-state index in [0.29, 0.717) is 5.69 Å². The fraction of sp³-hybridized carbons (Fsp3) is 0.500. The normalized spacial score (nSPS) is 17.7. The zero-order chi connectivity index (χ0) is 13.1. The molecule has 0 aromatic heterocycles. The van der Waals surface area contributed by atoms with Crippen molar-refractivity contribution in [3.63, 3.8) is 0 Å². The van der Waals surface area contributed by atoms with E-state index in [1.807, 2.05) is 18.0 Å². The average molecular weight is 250 g/mol. The average Bonchev–Trinajstić information content (AvgIpc) is 2.32. The molecule has 0 spiro atoms. The van der Waals surface area contributed by atoms with Gasteiger partial charge in [0.2, 0.25) is 0 Å². The summed E-state index contributed by atoms with van der Waals surface area (Å²) < 4.78 is 0. The van der Waals surface area contributed by atoms with Crippen LogP contribution in [-0.4, -0.2) is 48.1 Å². The summed E-state index contributed by atoms with van der Waals surface area (Å²) in [5.74, 6) is 0. The van der Waals surface area contributed by atoms with Crippen molar-refractivity contribution in [2.45, 2.75) is 6.92 Å². The Labute approximate surface area is 106 Å². The highest BCUT2D eigenvalue weighted by atomic mass is 16.6. The smallest absolute Gasteiger partial charge is 0.293 e. The highest BCUT2D eigenvalue weighted by Gasteiger charge is 2.18. The zero-order valence-electron chi connectivity index (χ0n) is 10.7. The predicted molar refractivity (Wildman–Crippen MR) is 70.5 cm³/mol. The molecule has 18 heavy (non-hydrogen) atoms. The number of aryl methyl sites for hydroxylation is 1. The van der Waals surface area contributed by atoms with Gasteiger partial charge in [0.15, 0.2) is 0 Å². The first-order valence-electron chi connectivity index (χ1n) is 6.01. The van der Waals surface area contributed by atoms with Crippen molar-refractivity contribution in [2.75, 3.05) is 38.7 Å². The molecule has 1 N–H and O–H groups in total. The second-order valence-electron chi connectivity index (χ2n) is 4.68. The number of hydrogen-bond acceptors (Lipinski definition) is 5. The molecule has 0 unspecified atom stereocenters. The van der Waals surface area contributed by atoms with Crippen molar-refractivity contribution in [3.8, 4) is 0 Å². The van der Waals surface area contributed by atoms with E-state index in [1.165, 1.54) is 0 Å². The van der Waals surface area contributed by atoms with Crippen LogP contribution >= 0.6 is 0 Å². The molecular formula is C12H18N4O2. The van der Waals surface area contributed by atoms with Gasteiger partial charge >= 0.3 is 0 Å². The van der Waals surface area contributed by atoms with Gasteiger partial charge in [-0.2, -0.15) is 0 Å². The van der Waals surface area contributed by atoms with E-state index in [4.69, 9.17) is 0 Å². The number of benzene rings is 1. The van der Waals surface area contributed by atoms with Gasteiger partial charge < -0.3 is 10.3 Å². The Morgan fingerprint density at radius 3 is 2.56 bits per heavy atom. The van der Waals surface area contributed by atoms with E-state index < -0.39 is 0 Å². The summed E-state index contributed by atoms with van der Waals surface area (Å²) in [7, 11) is 2.08. The van der Waals surface area contributed by atoms with Crippen molar-refractivity contribution in [2.24, 2.45) is 0 Å². The second-order valence-corrected chi connectivity index (χ2v) is 4.68. The van der Waals surface area contributed by atoms with Crippen LogP contribution in [0.2, 0.25) is 0 Å². The lowest BCUT2D eigenvalue weighted by Gasteiger charge is -2.32. The third-order valence-corrected chi connectivity index (χ3v) is 3.13. The molecule has 1 fully saturated rings. The lowest BCUT2D eigenvalue weighted by Crippen LogP contribution is -2.47. The molecule has 1 saturated heterocycles. The van der Waals surface area contributed by atoms with Gasteiger partial charge in [-0.15, -0.1) is 0 Å². The fourth-order valence-electron chi connectivity index (χ4n) is 1.99. The highest BCUT2D eigenvalue weighted by Crippen LogP contribution is 2.25. The van der Waals surface area contributed by atoms with Crippen molar-refractivity contribution in [3.05, 3.63) is 33.9 Å². The molecule has 98 valence electrons. The van der Waals surface area contributed by atoms with E-state index in [2.05, 4.69) is 17.4 Å². The Hall–Kier alpha value is -1.66. The number of nitrogens with zero attached hydrogens (tertiary/aromatic N) is 3. The number of rotatable bonds is 3. The molecule has 0 aliphatic carbocycles. The first-order chi connectivity index (χ1) is 8.56. The summed E-state index contributed by atoms with van der Waals surface area (Å²) in [6, 6.07) is 5.12. The highest BCUT2D eigenvalue weighted by molar-refractivity contribution is 5.62. The minimum atomic E-state index is -0.349. The quantitative estimate of drug-likeness (QED) is 0.650. The Bertz CT molecular complexity index is 442. The number of hydrazine groups is 1. The van der Waals surface area contributed by atoms with Crippen LogP contribution < -0.4 is 5.43 Å². The van der Waals surface area contributed by atoms with Gasteiger partial charge in [-0.1, -0.05) is 6.07 Å². The molecule has 1 aromatic carbocycles. The summed E-state index contributed by atoms with van der Waals surface area (Å²) in [6.07, 6.45) is 0. The third-order valence-electron chi connectivity index (χ3n) is 3.13. The topological polar surface area (TPSA) is 61.7 Å². The minimum Gasteiger partial charge on any atom is -0.313 e. The van der Waals surface area contributed by atoms with E-state index in [-0.39, 0.29) is 10.6 Å². The number of likely N-dealkylation sites (N-methyl/N-ethyl adjacent to an activating group) is 1. The summed E-state index contributed by atoms with van der Waals surface area (Å²) in [6.45, 7) is 5.58. The van der Waals surface area contributed by atoms with E-state index in [1.54, 1.807) is 12.1 Å². The molecule has 1 aromatic rings. The first-order valence-corrected chi connectivity index (χ1v) is 6.01. The Morgan fingerprint density at radius 1 is 1.28 bits per heavy atom. The molecule has 0 amide bonds. The van der Waals surface area contributed by atoms with Crippen LogP contribution in [0, 0.1) is 17.0 Å². The maximum atomic E-state index is 11.0. The van der Waals surface area contributed by atoms with Crippen molar-refractivity contribution in [1.29, 1.82) is 0 Å². The van der Waals surface area contributed by atoms with Gasteiger partial charge in [0.05, 0.1) is 4.92 Å².